The van der Waals surface area contributed by atoms with Gasteiger partial charge < -0.3 is 0 Å². The molecule has 0 aliphatic heterocycles. The number of hydrogen-bond donors (Lipinski definition) is 0. The van der Waals surface area contributed by atoms with Gasteiger partial charge in [-0.2, -0.15) is 0 Å². The Labute approximate surface area is 249 Å². The molecule has 0 saturated carbocycles. The topological polar surface area (TPSA) is 0 Å². The fourth-order valence-corrected chi connectivity index (χ4v) is 15.3. The Morgan fingerprint density at radius 2 is 1.18 bits per heavy atom. The summed E-state index contributed by atoms with van der Waals surface area (Å²) >= 11 is -2.33. The molecule has 4 aromatic rings. The average molecular weight is 602 g/mol. The van der Waals surface area contributed by atoms with Gasteiger partial charge in [0, 0.05) is 0 Å². The van der Waals surface area contributed by atoms with E-state index in [1.807, 2.05) is 0 Å². The molecule has 0 radical (unpaired) electrons. The van der Waals surface area contributed by atoms with Crippen molar-refractivity contribution in [2.24, 2.45) is 0 Å². The summed E-state index contributed by atoms with van der Waals surface area (Å²) in [7, 11) is 0. The summed E-state index contributed by atoms with van der Waals surface area (Å²) < 4.78 is 3.76. The van der Waals surface area contributed by atoms with Crippen molar-refractivity contribution in [1.82, 2.24) is 0 Å². The monoisotopic (exact) mass is 600 g/mol. The van der Waals surface area contributed by atoms with Crippen LogP contribution in [0, 0.1) is 0 Å². The third-order valence-electron chi connectivity index (χ3n) is 9.11. The minimum absolute atomic E-state index is 0.130. The Morgan fingerprint density at radius 1 is 0.600 bits per heavy atom. The number of allylic oxidation sites excluding steroid dienone is 1. The molecule has 0 bridgehead atoms. The molecule has 2 aliphatic carbocycles. The molecule has 2 aliphatic rings. The molecule has 0 heterocycles. The van der Waals surface area contributed by atoms with E-state index in [1.165, 1.54) is 38.9 Å². The van der Waals surface area contributed by atoms with Gasteiger partial charge in [-0.25, -0.2) is 0 Å². The van der Waals surface area contributed by atoms with Crippen LogP contribution in [0.3, 0.4) is 0 Å². The van der Waals surface area contributed by atoms with E-state index in [4.69, 9.17) is 0 Å². The Hall–Kier alpha value is -2.63. The molecule has 40 heavy (non-hydrogen) atoms. The van der Waals surface area contributed by atoms with E-state index in [0.717, 1.165) is 0 Å². The molecule has 0 saturated heterocycles. The third-order valence-corrected chi connectivity index (χ3v) is 17.4. The van der Waals surface area contributed by atoms with E-state index in [9.17, 15) is 0 Å². The number of fused-ring (bicyclic) bond motifs is 4. The quantitative estimate of drug-likeness (QED) is 0.219. The first-order valence-electron chi connectivity index (χ1n) is 14.8. The van der Waals surface area contributed by atoms with Gasteiger partial charge in [0.1, 0.15) is 0 Å². The molecule has 1 heteroatoms. The van der Waals surface area contributed by atoms with Gasteiger partial charge in [-0.15, -0.1) is 0 Å². The van der Waals surface area contributed by atoms with E-state index < -0.39 is 21.3 Å². The Bertz CT molecular complexity index is 1610. The van der Waals surface area contributed by atoms with E-state index >= 15 is 0 Å². The van der Waals surface area contributed by atoms with Gasteiger partial charge in [-0.1, -0.05) is 0 Å². The van der Waals surface area contributed by atoms with Crippen LogP contribution in [0.1, 0.15) is 96.0 Å². The van der Waals surface area contributed by atoms with Gasteiger partial charge in [0.2, 0.25) is 0 Å². The average Bonchev–Trinajstić information content (AvgIpc) is 3.43. The zero-order valence-electron chi connectivity index (χ0n) is 25.4. The second kappa shape index (κ2) is 10.0. The fourth-order valence-electron chi connectivity index (χ4n) is 6.92. The Balaban J connectivity index is 1.55. The molecule has 0 fully saturated rings. The number of benzene rings is 4. The maximum absolute atomic E-state index is 2.70. The first-order chi connectivity index (χ1) is 19.0. The maximum atomic E-state index is 2.70. The first-order valence-corrected chi connectivity index (χ1v) is 19.1. The Kier molecular flexibility index (Phi) is 6.90. The SMILES string of the molecule is C[CH]=[Zr]([CH]1C(C)=Cc2c(-c3ccccc3)cccc21)[CH]1c2cc(C(C)(C)C)ccc2-c2ccc(C(C)(C)C)cc21. The molecule has 4 aromatic carbocycles. The standard InChI is InChI=1S/C21H25.C16H13.C2H4.Zr/c1-20(2,3)16-7-9-18-14(12-16)11-15-13-17(21(4,5)6)8-10-19(15)18;1-12-10-14-8-5-9-15(16(14)11-12)13-6-3-2-4-7-13;1-2;/h7-13H,1-6H3;2-11H,1H3;1H,2H3;. The van der Waals surface area contributed by atoms with Crippen LogP contribution in [-0.4, -0.2) is 3.71 Å². The molecular formula is C39H42Zr. The van der Waals surface area contributed by atoms with Crippen LogP contribution in [0.15, 0.2) is 90.5 Å². The van der Waals surface area contributed by atoms with E-state index in [0.29, 0.717) is 7.25 Å². The summed E-state index contributed by atoms with van der Waals surface area (Å²) in [6.45, 7) is 18.9. The normalized spacial score (nSPS) is 16.9. The fraction of sp³-hybridized carbons (Fsp3) is 0.308. The van der Waals surface area contributed by atoms with Gasteiger partial charge >= 0.3 is 251 Å². The summed E-state index contributed by atoms with van der Waals surface area (Å²) in [5.74, 6) is 0. The molecule has 1 atom stereocenters. The van der Waals surface area contributed by atoms with E-state index in [2.05, 4.69) is 150 Å². The van der Waals surface area contributed by atoms with Gasteiger partial charge in [0.25, 0.3) is 0 Å². The van der Waals surface area contributed by atoms with E-state index in [-0.39, 0.29) is 10.8 Å². The number of hydrogen-bond acceptors (Lipinski definition) is 0. The van der Waals surface area contributed by atoms with Gasteiger partial charge in [0.05, 0.1) is 0 Å². The van der Waals surface area contributed by atoms with Crippen molar-refractivity contribution in [2.75, 3.05) is 0 Å². The zero-order valence-corrected chi connectivity index (χ0v) is 27.9. The van der Waals surface area contributed by atoms with Crippen molar-refractivity contribution >= 4 is 9.78 Å². The third kappa shape index (κ3) is 4.59. The molecule has 0 spiro atoms. The second-order valence-corrected chi connectivity index (χ2v) is 20.5. The summed E-state index contributed by atoms with van der Waals surface area (Å²) in [5, 5.41) is 0. The van der Waals surface area contributed by atoms with Gasteiger partial charge in [-0.05, 0) is 0 Å². The van der Waals surface area contributed by atoms with Crippen molar-refractivity contribution in [3.05, 3.63) is 124 Å². The molecule has 1 unspecified atom stereocenters. The summed E-state index contributed by atoms with van der Waals surface area (Å²) in [4.78, 5) is 0. The Morgan fingerprint density at radius 3 is 1.70 bits per heavy atom. The predicted molar refractivity (Wildman–Crippen MR) is 171 cm³/mol. The van der Waals surface area contributed by atoms with Crippen molar-refractivity contribution in [3.8, 4) is 22.3 Å². The molecular weight excluding hydrogens is 560 g/mol. The number of rotatable bonds is 3. The predicted octanol–water partition coefficient (Wildman–Crippen LogP) is 10.6. The molecule has 6 rings (SSSR count). The van der Waals surface area contributed by atoms with Crippen LogP contribution in [0.2, 0.25) is 0 Å². The summed E-state index contributed by atoms with van der Waals surface area (Å²) in [6, 6.07) is 32.7. The molecule has 202 valence electrons. The van der Waals surface area contributed by atoms with Crippen molar-refractivity contribution in [1.29, 1.82) is 0 Å². The molecule has 0 N–H and O–H groups in total. The van der Waals surface area contributed by atoms with Gasteiger partial charge in [-0.3, -0.25) is 0 Å². The van der Waals surface area contributed by atoms with Crippen molar-refractivity contribution < 1.29 is 21.3 Å². The van der Waals surface area contributed by atoms with Crippen molar-refractivity contribution in [2.45, 2.75) is 73.5 Å². The molecule has 0 nitrogen and oxygen atoms in total. The van der Waals surface area contributed by atoms with Crippen LogP contribution in [-0.2, 0) is 32.1 Å². The van der Waals surface area contributed by atoms with Gasteiger partial charge in [0.15, 0.2) is 0 Å². The van der Waals surface area contributed by atoms with Crippen LogP contribution >= 0.6 is 0 Å². The zero-order chi connectivity index (χ0) is 28.4. The summed E-state index contributed by atoms with van der Waals surface area (Å²) in [5.41, 5.74) is 16.5. The van der Waals surface area contributed by atoms with Crippen LogP contribution < -0.4 is 0 Å². The first kappa shape index (κ1) is 27.5. The van der Waals surface area contributed by atoms with Crippen molar-refractivity contribution in [3.63, 3.8) is 0 Å². The molecule has 0 aromatic heterocycles. The molecule has 0 amide bonds. The summed E-state index contributed by atoms with van der Waals surface area (Å²) in [6.07, 6.45) is 2.51. The van der Waals surface area contributed by atoms with Crippen LogP contribution in [0.25, 0.3) is 28.3 Å². The van der Waals surface area contributed by atoms with E-state index in [1.54, 1.807) is 22.3 Å². The van der Waals surface area contributed by atoms with Crippen LogP contribution in [0.4, 0.5) is 0 Å². The van der Waals surface area contributed by atoms with Crippen LogP contribution in [0.5, 0.6) is 0 Å². The second-order valence-electron chi connectivity index (χ2n) is 13.8. The minimum atomic E-state index is -2.33.